The summed E-state index contributed by atoms with van der Waals surface area (Å²) in [6.45, 7) is 6.12. The fourth-order valence-electron chi connectivity index (χ4n) is 0.753. The molecule has 0 saturated heterocycles. The Kier molecular flexibility index (Phi) is 4.65. The molecule has 0 aliphatic heterocycles. The molecule has 0 saturated carbocycles. The molecule has 0 aliphatic carbocycles. The third-order valence-electron chi connectivity index (χ3n) is 1.87. The highest BCUT2D eigenvalue weighted by molar-refractivity contribution is 4.69. The van der Waals surface area contributed by atoms with Crippen molar-refractivity contribution < 1.29 is 5.11 Å². The van der Waals surface area contributed by atoms with Crippen LogP contribution in [-0.4, -0.2) is 17.3 Å². The molecule has 0 unspecified atom stereocenters. The van der Waals surface area contributed by atoms with E-state index < -0.39 is 0 Å². The van der Waals surface area contributed by atoms with Gasteiger partial charge < -0.3 is 10.8 Å². The smallest absolute Gasteiger partial charge is 0.0552 e. The zero-order valence-corrected chi connectivity index (χ0v) is 7.17. The summed E-state index contributed by atoms with van der Waals surface area (Å²) in [6.07, 6.45) is 1.33. The van der Waals surface area contributed by atoms with E-state index in [1.54, 1.807) is 0 Å². The van der Waals surface area contributed by atoms with Crippen molar-refractivity contribution in [1.29, 1.82) is 0 Å². The lowest BCUT2D eigenvalue weighted by atomic mass is 9.98. The summed E-state index contributed by atoms with van der Waals surface area (Å²) in [6, 6.07) is 0.148. The van der Waals surface area contributed by atoms with Crippen molar-refractivity contribution in [3.63, 3.8) is 0 Å². The monoisotopic (exact) mass is 145 g/mol. The topological polar surface area (TPSA) is 46.2 Å². The van der Waals surface area contributed by atoms with Gasteiger partial charge in [-0.15, -0.1) is 0 Å². The predicted molar refractivity (Wildman–Crippen MR) is 43.7 cm³/mol. The highest BCUT2D eigenvalue weighted by atomic mass is 16.3. The average Bonchev–Trinajstić information content (AvgIpc) is 1.87. The molecule has 2 nitrogen and oxygen atoms in total. The molecule has 62 valence electrons. The van der Waals surface area contributed by atoms with Crippen LogP contribution in [0.3, 0.4) is 0 Å². The van der Waals surface area contributed by atoms with Crippen LogP contribution in [0.5, 0.6) is 0 Å². The molecule has 0 aromatic heterocycles. The van der Waals surface area contributed by atoms with Crippen LogP contribution >= 0.6 is 0 Å². The maximum atomic E-state index is 9.20. The molecule has 0 aromatic rings. The van der Waals surface area contributed by atoms with Crippen molar-refractivity contribution in [1.82, 2.24) is 0 Å². The van der Waals surface area contributed by atoms with E-state index in [9.17, 15) is 5.11 Å². The largest absolute Gasteiger partial charge is 0.393 e. The van der Waals surface area contributed by atoms with Gasteiger partial charge in [0, 0.05) is 6.04 Å². The summed E-state index contributed by atoms with van der Waals surface area (Å²) >= 11 is 0. The maximum absolute atomic E-state index is 9.20. The number of rotatable bonds is 4. The fraction of sp³-hybridized carbons (Fsp3) is 1.00. The van der Waals surface area contributed by atoms with Crippen molar-refractivity contribution in [2.24, 2.45) is 11.7 Å². The number of hydrogen-bond donors (Lipinski definition) is 2. The summed E-state index contributed by atoms with van der Waals surface area (Å²) in [5.74, 6) is 0.473. The van der Waals surface area contributed by atoms with Crippen molar-refractivity contribution in [2.45, 2.75) is 45.8 Å². The maximum Gasteiger partial charge on any atom is 0.0552 e. The van der Waals surface area contributed by atoms with E-state index in [0.29, 0.717) is 5.92 Å². The second-order valence-corrected chi connectivity index (χ2v) is 3.21. The first-order chi connectivity index (χ1) is 4.57. The highest BCUT2D eigenvalue weighted by Gasteiger charge is 2.11. The Hall–Kier alpha value is -0.0800. The van der Waals surface area contributed by atoms with E-state index in [2.05, 4.69) is 13.8 Å². The van der Waals surface area contributed by atoms with E-state index in [1.165, 1.54) is 0 Å². The second kappa shape index (κ2) is 4.69. The van der Waals surface area contributed by atoms with Crippen LogP contribution in [-0.2, 0) is 0 Å². The third-order valence-corrected chi connectivity index (χ3v) is 1.87. The fourth-order valence-corrected chi connectivity index (χ4v) is 0.753. The summed E-state index contributed by atoms with van der Waals surface area (Å²) in [5, 5.41) is 9.20. The molecule has 0 spiro atoms. The van der Waals surface area contributed by atoms with Gasteiger partial charge in [-0.2, -0.15) is 0 Å². The van der Waals surface area contributed by atoms with Gasteiger partial charge in [0.25, 0.3) is 0 Å². The molecule has 0 aromatic carbocycles. The van der Waals surface area contributed by atoms with Gasteiger partial charge in [-0.05, 0) is 18.8 Å². The Labute approximate surface area is 63.4 Å². The van der Waals surface area contributed by atoms with Crippen molar-refractivity contribution in [2.75, 3.05) is 0 Å². The first-order valence-corrected chi connectivity index (χ1v) is 4.01. The van der Waals surface area contributed by atoms with Crippen LogP contribution in [0, 0.1) is 5.92 Å². The normalized spacial score (nSPS) is 17.4. The zero-order chi connectivity index (χ0) is 8.15. The van der Waals surface area contributed by atoms with E-state index in [0.717, 1.165) is 12.8 Å². The van der Waals surface area contributed by atoms with Crippen LogP contribution in [0.15, 0.2) is 0 Å². The first kappa shape index (κ1) is 9.92. The molecule has 0 heterocycles. The van der Waals surface area contributed by atoms with Gasteiger partial charge in [-0.3, -0.25) is 0 Å². The molecule has 2 atom stereocenters. The summed E-state index contributed by atoms with van der Waals surface area (Å²) in [7, 11) is 0. The first-order valence-electron chi connectivity index (χ1n) is 4.01. The number of nitrogens with two attached hydrogens (primary N) is 1. The molecule has 0 fully saturated rings. The van der Waals surface area contributed by atoms with Crippen molar-refractivity contribution in [3.8, 4) is 0 Å². The summed E-state index contributed by atoms with van der Waals surface area (Å²) in [4.78, 5) is 0. The quantitative estimate of drug-likeness (QED) is 0.623. The Morgan fingerprint density at radius 3 is 2.20 bits per heavy atom. The van der Waals surface area contributed by atoms with Crippen molar-refractivity contribution >= 4 is 0 Å². The second-order valence-electron chi connectivity index (χ2n) is 3.21. The predicted octanol–water partition coefficient (Wildman–Crippen LogP) is 1.13. The standard InChI is InChI=1S/C8H19NO/c1-4-7(10)5-8(9)6(2)3/h6-8,10H,4-5,9H2,1-3H3/t7-,8-/m1/s1. The van der Waals surface area contributed by atoms with Gasteiger partial charge in [-0.25, -0.2) is 0 Å². The van der Waals surface area contributed by atoms with Crippen LogP contribution in [0.25, 0.3) is 0 Å². The number of hydrogen-bond acceptors (Lipinski definition) is 2. The minimum absolute atomic E-state index is 0.148. The molecule has 2 heteroatoms. The molecule has 0 aliphatic rings. The summed E-state index contributed by atoms with van der Waals surface area (Å²) in [5.41, 5.74) is 5.73. The lowest BCUT2D eigenvalue weighted by Gasteiger charge is -2.18. The molecular formula is C8H19NO. The van der Waals surface area contributed by atoms with Crippen LogP contribution in [0.4, 0.5) is 0 Å². The van der Waals surface area contributed by atoms with Gasteiger partial charge in [0.2, 0.25) is 0 Å². The van der Waals surface area contributed by atoms with Crippen LogP contribution in [0.1, 0.15) is 33.6 Å². The molecule has 3 N–H and O–H groups in total. The highest BCUT2D eigenvalue weighted by Crippen LogP contribution is 2.07. The van der Waals surface area contributed by atoms with Gasteiger partial charge in [0.05, 0.1) is 6.10 Å². The van der Waals surface area contributed by atoms with Gasteiger partial charge in [-0.1, -0.05) is 20.8 Å². The Morgan fingerprint density at radius 2 is 1.90 bits per heavy atom. The summed E-state index contributed by atoms with van der Waals surface area (Å²) < 4.78 is 0. The Morgan fingerprint density at radius 1 is 1.40 bits per heavy atom. The minimum atomic E-state index is -0.211. The Balaban J connectivity index is 3.46. The van der Waals surface area contributed by atoms with Crippen LogP contribution < -0.4 is 5.73 Å². The van der Waals surface area contributed by atoms with Gasteiger partial charge in [0.15, 0.2) is 0 Å². The van der Waals surface area contributed by atoms with Gasteiger partial charge in [0.1, 0.15) is 0 Å². The number of aliphatic hydroxyl groups is 1. The molecule has 10 heavy (non-hydrogen) atoms. The molecule has 0 rings (SSSR count). The SMILES string of the molecule is CC[C@@H](O)C[C@@H](N)C(C)C. The third kappa shape index (κ3) is 3.85. The molecule has 0 amide bonds. The molecule has 0 bridgehead atoms. The average molecular weight is 145 g/mol. The van der Waals surface area contributed by atoms with E-state index in [1.807, 2.05) is 6.92 Å². The van der Waals surface area contributed by atoms with Crippen LogP contribution in [0.2, 0.25) is 0 Å². The van der Waals surface area contributed by atoms with E-state index in [-0.39, 0.29) is 12.1 Å². The zero-order valence-electron chi connectivity index (χ0n) is 7.17. The number of aliphatic hydroxyl groups excluding tert-OH is 1. The van der Waals surface area contributed by atoms with Gasteiger partial charge >= 0.3 is 0 Å². The minimum Gasteiger partial charge on any atom is -0.393 e. The lowest BCUT2D eigenvalue weighted by Crippen LogP contribution is -2.30. The van der Waals surface area contributed by atoms with E-state index in [4.69, 9.17) is 5.73 Å². The molecular weight excluding hydrogens is 126 g/mol. The molecule has 0 radical (unpaired) electrons. The Bertz CT molecular complexity index is 83.3. The van der Waals surface area contributed by atoms with E-state index >= 15 is 0 Å². The van der Waals surface area contributed by atoms with Crippen molar-refractivity contribution in [3.05, 3.63) is 0 Å². The lowest BCUT2D eigenvalue weighted by molar-refractivity contribution is 0.144.